The van der Waals surface area contributed by atoms with E-state index in [-0.39, 0.29) is 12.0 Å². The molecule has 3 rings (SSSR count). The first-order valence-corrected chi connectivity index (χ1v) is 7.51. The quantitative estimate of drug-likeness (QED) is 0.942. The van der Waals surface area contributed by atoms with E-state index in [1.165, 1.54) is 0 Å². The maximum absolute atomic E-state index is 12.6. The molecule has 5 nitrogen and oxygen atoms in total. The fraction of sp³-hybridized carbons (Fsp3) is 0.222. The lowest BCUT2D eigenvalue weighted by Crippen LogP contribution is -2.42. The fourth-order valence-corrected chi connectivity index (χ4v) is 2.66. The van der Waals surface area contributed by atoms with Crippen molar-refractivity contribution in [3.05, 3.63) is 71.3 Å². The SMILES string of the molecule is NC(=O)c1ccc(C(=O)N2CCOC(c3ccccc3)C2)cc1. The first kappa shape index (κ1) is 15.2. The Morgan fingerprint density at radius 2 is 1.65 bits per heavy atom. The highest BCUT2D eigenvalue weighted by Crippen LogP contribution is 2.23. The van der Waals surface area contributed by atoms with E-state index in [0.29, 0.717) is 30.8 Å². The number of ether oxygens (including phenoxy) is 1. The predicted molar refractivity (Wildman–Crippen MR) is 86.0 cm³/mol. The van der Waals surface area contributed by atoms with E-state index in [1.807, 2.05) is 30.3 Å². The van der Waals surface area contributed by atoms with Gasteiger partial charge < -0.3 is 15.4 Å². The minimum absolute atomic E-state index is 0.0646. The number of rotatable bonds is 3. The molecule has 1 heterocycles. The largest absolute Gasteiger partial charge is 0.370 e. The molecule has 1 atom stereocenters. The predicted octanol–water partition coefficient (Wildman–Crippen LogP) is 2.00. The molecule has 1 fully saturated rings. The third kappa shape index (κ3) is 3.40. The van der Waals surface area contributed by atoms with Crippen molar-refractivity contribution >= 4 is 11.8 Å². The zero-order valence-electron chi connectivity index (χ0n) is 12.6. The smallest absolute Gasteiger partial charge is 0.254 e. The Hall–Kier alpha value is -2.66. The highest BCUT2D eigenvalue weighted by atomic mass is 16.5. The summed E-state index contributed by atoms with van der Waals surface area (Å²) in [5, 5.41) is 0. The van der Waals surface area contributed by atoms with E-state index in [4.69, 9.17) is 10.5 Å². The van der Waals surface area contributed by atoms with Crippen LogP contribution in [0.5, 0.6) is 0 Å². The van der Waals surface area contributed by atoms with Crippen LogP contribution in [-0.4, -0.2) is 36.4 Å². The molecule has 0 aliphatic carbocycles. The van der Waals surface area contributed by atoms with Crippen molar-refractivity contribution in [1.82, 2.24) is 4.90 Å². The molecule has 23 heavy (non-hydrogen) atoms. The van der Waals surface area contributed by atoms with Gasteiger partial charge in [0.2, 0.25) is 5.91 Å². The molecule has 0 saturated carbocycles. The van der Waals surface area contributed by atoms with Gasteiger partial charge in [0, 0.05) is 17.7 Å². The molecule has 118 valence electrons. The topological polar surface area (TPSA) is 72.6 Å². The minimum atomic E-state index is -0.500. The van der Waals surface area contributed by atoms with Gasteiger partial charge in [0.15, 0.2) is 0 Å². The Balaban J connectivity index is 1.73. The van der Waals surface area contributed by atoms with Gasteiger partial charge in [-0.1, -0.05) is 30.3 Å². The second kappa shape index (κ2) is 6.62. The van der Waals surface area contributed by atoms with Gasteiger partial charge in [0.05, 0.1) is 13.2 Å². The van der Waals surface area contributed by atoms with Crippen molar-refractivity contribution in [3.8, 4) is 0 Å². The maximum atomic E-state index is 12.6. The zero-order chi connectivity index (χ0) is 16.2. The summed E-state index contributed by atoms with van der Waals surface area (Å²) in [4.78, 5) is 25.5. The number of primary amides is 1. The summed E-state index contributed by atoms with van der Waals surface area (Å²) in [7, 11) is 0. The van der Waals surface area contributed by atoms with Gasteiger partial charge in [0.1, 0.15) is 6.10 Å². The number of carbonyl (C=O) groups is 2. The van der Waals surface area contributed by atoms with Crippen LogP contribution in [0.15, 0.2) is 54.6 Å². The van der Waals surface area contributed by atoms with E-state index < -0.39 is 5.91 Å². The van der Waals surface area contributed by atoms with Crippen LogP contribution in [-0.2, 0) is 4.74 Å². The highest BCUT2D eigenvalue weighted by molar-refractivity contribution is 5.97. The van der Waals surface area contributed by atoms with Crippen LogP contribution in [0.2, 0.25) is 0 Å². The molecule has 0 bridgehead atoms. The molecule has 0 spiro atoms. The summed E-state index contributed by atoms with van der Waals surface area (Å²) in [6.45, 7) is 1.57. The molecule has 0 radical (unpaired) electrons. The first-order valence-electron chi connectivity index (χ1n) is 7.51. The first-order chi connectivity index (χ1) is 11.1. The zero-order valence-corrected chi connectivity index (χ0v) is 12.6. The van der Waals surface area contributed by atoms with Gasteiger partial charge in [-0.25, -0.2) is 0 Å². The van der Waals surface area contributed by atoms with Gasteiger partial charge in [-0.15, -0.1) is 0 Å². The second-order valence-electron chi connectivity index (χ2n) is 5.46. The fourth-order valence-electron chi connectivity index (χ4n) is 2.66. The number of nitrogens with two attached hydrogens (primary N) is 1. The van der Waals surface area contributed by atoms with Crippen LogP contribution >= 0.6 is 0 Å². The summed E-state index contributed by atoms with van der Waals surface area (Å²) in [5.74, 6) is -0.565. The summed E-state index contributed by atoms with van der Waals surface area (Å²) >= 11 is 0. The number of benzene rings is 2. The molecule has 0 aromatic heterocycles. The van der Waals surface area contributed by atoms with Crippen molar-refractivity contribution in [1.29, 1.82) is 0 Å². The molecule has 2 aromatic rings. The van der Waals surface area contributed by atoms with Gasteiger partial charge in [-0.3, -0.25) is 9.59 Å². The number of hydrogen-bond donors (Lipinski definition) is 1. The number of nitrogens with zero attached hydrogens (tertiary/aromatic N) is 1. The van der Waals surface area contributed by atoms with Crippen LogP contribution in [0.25, 0.3) is 0 Å². The second-order valence-corrected chi connectivity index (χ2v) is 5.46. The number of amides is 2. The van der Waals surface area contributed by atoms with Gasteiger partial charge in [-0.05, 0) is 29.8 Å². The van der Waals surface area contributed by atoms with Crippen LogP contribution in [0, 0.1) is 0 Å². The molecule has 1 aliphatic heterocycles. The average Bonchev–Trinajstić information content (AvgIpc) is 2.62. The molecule has 5 heteroatoms. The Bertz CT molecular complexity index is 698. The number of morpholine rings is 1. The Kier molecular flexibility index (Phi) is 4.39. The van der Waals surface area contributed by atoms with E-state index in [0.717, 1.165) is 5.56 Å². The van der Waals surface area contributed by atoms with Crippen molar-refractivity contribution in [2.75, 3.05) is 19.7 Å². The van der Waals surface area contributed by atoms with Crippen LogP contribution in [0.4, 0.5) is 0 Å². The van der Waals surface area contributed by atoms with Crippen molar-refractivity contribution in [2.24, 2.45) is 5.73 Å². The maximum Gasteiger partial charge on any atom is 0.254 e. The average molecular weight is 310 g/mol. The van der Waals surface area contributed by atoms with Gasteiger partial charge in [0.25, 0.3) is 5.91 Å². The lowest BCUT2D eigenvalue weighted by Gasteiger charge is -2.33. The van der Waals surface area contributed by atoms with E-state index in [2.05, 4.69) is 0 Å². The monoisotopic (exact) mass is 310 g/mol. The Labute approximate surface area is 134 Å². The van der Waals surface area contributed by atoms with Crippen LogP contribution in [0.3, 0.4) is 0 Å². The summed E-state index contributed by atoms with van der Waals surface area (Å²) in [5.41, 5.74) is 7.22. The summed E-state index contributed by atoms with van der Waals surface area (Å²) < 4.78 is 5.78. The molecule has 1 saturated heterocycles. The minimum Gasteiger partial charge on any atom is -0.370 e. The standard InChI is InChI=1S/C18H18N2O3/c19-17(21)14-6-8-15(9-7-14)18(22)20-10-11-23-16(12-20)13-4-2-1-3-5-13/h1-9,16H,10-12H2,(H2,19,21). The van der Waals surface area contributed by atoms with Crippen molar-refractivity contribution in [3.63, 3.8) is 0 Å². The van der Waals surface area contributed by atoms with Crippen LogP contribution < -0.4 is 5.73 Å². The van der Waals surface area contributed by atoms with Crippen molar-refractivity contribution in [2.45, 2.75) is 6.10 Å². The molecule has 1 unspecified atom stereocenters. The number of hydrogen-bond acceptors (Lipinski definition) is 3. The molecule has 1 aliphatic rings. The van der Waals surface area contributed by atoms with Crippen LogP contribution in [0.1, 0.15) is 32.4 Å². The Morgan fingerprint density at radius 3 is 2.30 bits per heavy atom. The highest BCUT2D eigenvalue weighted by Gasteiger charge is 2.26. The van der Waals surface area contributed by atoms with Gasteiger partial charge in [-0.2, -0.15) is 0 Å². The lowest BCUT2D eigenvalue weighted by atomic mass is 10.1. The normalized spacial score (nSPS) is 17.7. The Morgan fingerprint density at radius 1 is 1.00 bits per heavy atom. The van der Waals surface area contributed by atoms with E-state index >= 15 is 0 Å². The molecule has 2 aromatic carbocycles. The summed E-state index contributed by atoms with van der Waals surface area (Å²) in [6.07, 6.45) is -0.112. The van der Waals surface area contributed by atoms with Gasteiger partial charge >= 0.3 is 0 Å². The molecular weight excluding hydrogens is 292 g/mol. The summed E-state index contributed by atoms with van der Waals surface area (Å²) in [6, 6.07) is 16.3. The van der Waals surface area contributed by atoms with E-state index in [9.17, 15) is 9.59 Å². The lowest BCUT2D eigenvalue weighted by molar-refractivity contribution is -0.0228. The number of carbonyl (C=O) groups excluding carboxylic acids is 2. The molecule has 2 N–H and O–H groups in total. The van der Waals surface area contributed by atoms with Crippen molar-refractivity contribution < 1.29 is 14.3 Å². The van der Waals surface area contributed by atoms with E-state index in [1.54, 1.807) is 29.2 Å². The molecule has 2 amide bonds. The third-order valence-electron chi connectivity index (χ3n) is 3.94. The molecular formula is C18H18N2O3. The third-order valence-corrected chi connectivity index (χ3v) is 3.94.